The van der Waals surface area contributed by atoms with Crippen LogP contribution in [0.3, 0.4) is 0 Å². The first-order valence-electron chi connectivity index (χ1n) is 8.89. The molecule has 1 aliphatic carbocycles. The van der Waals surface area contributed by atoms with Crippen molar-refractivity contribution in [3.63, 3.8) is 0 Å². The number of hydrogen-bond acceptors (Lipinski definition) is 6. The lowest BCUT2D eigenvalue weighted by molar-refractivity contribution is -0.119. The van der Waals surface area contributed by atoms with Gasteiger partial charge in [0, 0.05) is 34.7 Å². The fourth-order valence-electron chi connectivity index (χ4n) is 3.07. The first-order valence-corrected chi connectivity index (χ1v) is 9.88. The standard InChI is InChI=1S/C19H24N4O2S/c1-13-11-14(2)22-19(21-13)25-16-5-3-15(4-6-16)23-18(24)12-26-17-7-9-20-10-8-17/h7-11,15-16H,3-6,12H2,1-2H3,(H,23,24). The maximum absolute atomic E-state index is 12.1. The molecule has 0 unspecified atom stereocenters. The number of nitrogens with one attached hydrogen (secondary N) is 1. The molecule has 3 rings (SSSR count). The first kappa shape index (κ1) is 18.6. The topological polar surface area (TPSA) is 77.0 Å². The Morgan fingerprint density at radius 1 is 1.15 bits per heavy atom. The summed E-state index contributed by atoms with van der Waals surface area (Å²) < 4.78 is 5.93. The number of amides is 1. The van der Waals surface area contributed by atoms with Gasteiger partial charge in [-0.1, -0.05) is 0 Å². The molecule has 1 saturated carbocycles. The molecule has 0 aliphatic heterocycles. The van der Waals surface area contributed by atoms with Gasteiger partial charge in [-0.05, 0) is 57.7 Å². The van der Waals surface area contributed by atoms with E-state index in [9.17, 15) is 4.79 Å². The van der Waals surface area contributed by atoms with Crippen LogP contribution >= 0.6 is 11.8 Å². The van der Waals surface area contributed by atoms with Crippen molar-refractivity contribution in [2.75, 3.05) is 5.75 Å². The monoisotopic (exact) mass is 372 g/mol. The van der Waals surface area contributed by atoms with Gasteiger partial charge in [-0.2, -0.15) is 0 Å². The fourth-order valence-corrected chi connectivity index (χ4v) is 3.77. The second kappa shape index (κ2) is 8.98. The zero-order chi connectivity index (χ0) is 18.4. The van der Waals surface area contributed by atoms with Crippen LogP contribution < -0.4 is 10.1 Å². The number of aryl methyl sites for hydroxylation is 2. The maximum atomic E-state index is 12.1. The van der Waals surface area contributed by atoms with Crippen LogP contribution in [0.5, 0.6) is 6.01 Å². The maximum Gasteiger partial charge on any atom is 0.317 e. The molecule has 0 saturated heterocycles. The predicted molar refractivity (Wildman–Crippen MR) is 101 cm³/mol. The third-order valence-electron chi connectivity index (χ3n) is 4.29. The van der Waals surface area contributed by atoms with Crippen molar-refractivity contribution in [1.29, 1.82) is 0 Å². The first-order chi connectivity index (χ1) is 12.6. The molecule has 26 heavy (non-hydrogen) atoms. The normalized spacial score (nSPS) is 19.8. The number of hydrogen-bond donors (Lipinski definition) is 1. The third kappa shape index (κ3) is 5.69. The number of ether oxygens (including phenoxy) is 1. The van der Waals surface area contributed by atoms with Crippen LogP contribution in [0, 0.1) is 13.8 Å². The van der Waals surface area contributed by atoms with Crippen molar-refractivity contribution >= 4 is 17.7 Å². The summed E-state index contributed by atoms with van der Waals surface area (Å²) in [6, 6.07) is 6.44. The average Bonchev–Trinajstić information content (AvgIpc) is 2.62. The van der Waals surface area contributed by atoms with Crippen molar-refractivity contribution in [3.8, 4) is 6.01 Å². The highest BCUT2D eigenvalue weighted by Crippen LogP contribution is 2.23. The summed E-state index contributed by atoms with van der Waals surface area (Å²) in [6.07, 6.45) is 7.23. The molecule has 0 aromatic carbocycles. The van der Waals surface area contributed by atoms with E-state index < -0.39 is 0 Å². The minimum absolute atomic E-state index is 0.0776. The molecular formula is C19H24N4O2S. The predicted octanol–water partition coefficient (Wildman–Crippen LogP) is 3.09. The SMILES string of the molecule is Cc1cc(C)nc(OC2CCC(NC(=O)CSc3ccncc3)CC2)n1. The molecule has 138 valence electrons. The summed E-state index contributed by atoms with van der Waals surface area (Å²) in [7, 11) is 0. The van der Waals surface area contributed by atoms with E-state index in [0.29, 0.717) is 11.8 Å². The Balaban J connectivity index is 1.40. The molecule has 0 bridgehead atoms. The van der Waals surface area contributed by atoms with Gasteiger partial charge in [0.1, 0.15) is 6.10 Å². The van der Waals surface area contributed by atoms with E-state index in [4.69, 9.17) is 4.74 Å². The van der Waals surface area contributed by atoms with Crippen LogP contribution in [0.4, 0.5) is 0 Å². The van der Waals surface area contributed by atoms with Gasteiger partial charge in [0.15, 0.2) is 0 Å². The van der Waals surface area contributed by atoms with Gasteiger partial charge in [-0.15, -0.1) is 11.8 Å². The Morgan fingerprint density at radius 2 is 1.81 bits per heavy atom. The molecule has 0 atom stereocenters. The lowest BCUT2D eigenvalue weighted by atomic mass is 9.93. The number of nitrogens with zero attached hydrogens (tertiary/aromatic N) is 3. The molecule has 6 nitrogen and oxygen atoms in total. The van der Waals surface area contributed by atoms with Crippen molar-refractivity contribution < 1.29 is 9.53 Å². The summed E-state index contributed by atoms with van der Waals surface area (Å²) in [5.74, 6) is 0.505. The number of rotatable bonds is 6. The minimum Gasteiger partial charge on any atom is -0.460 e. The number of aromatic nitrogens is 3. The molecule has 1 fully saturated rings. The minimum atomic E-state index is 0.0776. The molecule has 7 heteroatoms. The van der Waals surface area contributed by atoms with Crippen LogP contribution in [0.2, 0.25) is 0 Å². The van der Waals surface area contributed by atoms with Gasteiger partial charge in [0.2, 0.25) is 5.91 Å². The lowest BCUT2D eigenvalue weighted by Crippen LogP contribution is -2.40. The smallest absolute Gasteiger partial charge is 0.317 e. The molecule has 0 radical (unpaired) electrons. The molecule has 0 spiro atoms. The summed E-state index contributed by atoms with van der Waals surface area (Å²) >= 11 is 1.53. The Labute approximate surface area is 158 Å². The second-order valence-electron chi connectivity index (χ2n) is 6.56. The van der Waals surface area contributed by atoms with Gasteiger partial charge in [-0.3, -0.25) is 9.78 Å². The van der Waals surface area contributed by atoms with Crippen LogP contribution in [-0.4, -0.2) is 38.8 Å². The summed E-state index contributed by atoms with van der Waals surface area (Å²) in [6.45, 7) is 3.88. The third-order valence-corrected chi connectivity index (χ3v) is 5.30. The molecule has 2 heterocycles. The Bertz CT molecular complexity index is 713. The largest absolute Gasteiger partial charge is 0.460 e. The van der Waals surface area contributed by atoms with E-state index in [-0.39, 0.29) is 18.1 Å². The van der Waals surface area contributed by atoms with E-state index in [0.717, 1.165) is 42.0 Å². The van der Waals surface area contributed by atoms with E-state index in [2.05, 4.69) is 20.3 Å². The van der Waals surface area contributed by atoms with Gasteiger partial charge in [0.05, 0.1) is 5.75 Å². The Hall–Kier alpha value is -2.15. The van der Waals surface area contributed by atoms with Crippen LogP contribution in [0.1, 0.15) is 37.1 Å². The quantitative estimate of drug-likeness (QED) is 0.785. The second-order valence-corrected chi connectivity index (χ2v) is 7.61. The molecular weight excluding hydrogens is 348 g/mol. The van der Waals surface area contributed by atoms with Crippen LogP contribution in [0.15, 0.2) is 35.5 Å². The summed E-state index contributed by atoms with van der Waals surface area (Å²) in [4.78, 5) is 25.8. The highest BCUT2D eigenvalue weighted by Gasteiger charge is 2.24. The van der Waals surface area contributed by atoms with Crippen molar-refractivity contribution in [1.82, 2.24) is 20.3 Å². The van der Waals surface area contributed by atoms with Crippen LogP contribution in [-0.2, 0) is 4.79 Å². The zero-order valence-corrected chi connectivity index (χ0v) is 16.0. The van der Waals surface area contributed by atoms with E-state index >= 15 is 0 Å². The molecule has 1 amide bonds. The fraction of sp³-hybridized carbons (Fsp3) is 0.474. The Morgan fingerprint density at radius 3 is 2.46 bits per heavy atom. The van der Waals surface area contributed by atoms with Gasteiger partial charge in [0.25, 0.3) is 0 Å². The molecule has 1 aliphatic rings. The van der Waals surface area contributed by atoms with Crippen molar-refractivity contribution in [2.24, 2.45) is 0 Å². The molecule has 1 N–H and O–H groups in total. The number of carbonyl (C=O) groups is 1. The zero-order valence-electron chi connectivity index (χ0n) is 15.1. The van der Waals surface area contributed by atoms with Gasteiger partial charge < -0.3 is 10.1 Å². The average molecular weight is 372 g/mol. The summed E-state index contributed by atoms with van der Waals surface area (Å²) in [5, 5.41) is 3.13. The Kier molecular flexibility index (Phi) is 6.44. The molecule has 2 aromatic heterocycles. The number of thioether (sulfide) groups is 1. The highest BCUT2D eigenvalue weighted by atomic mass is 32.2. The van der Waals surface area contributed by atoms with E-state index in [1.165, 1.54) is 11.8 Å². The van der Waals surface area contributed by atoms with Gasteiger partial charge in [-0.25, -0.2) is 9.97 Å². The van der Waals surface area contributed by atoms with Crippen molar-refractivity contribution in [3.05, 3.63) is 42.0 Å². The van der Waals surface area contributed by atoms with Crippen molar-refractivity contribution in [2.45, 2.75) is 56.6 Å². The summed E-state index contributed by atoms with van der Waals surface area (Å²) in [5.41, 5.74) is 1.83. The number of carbonyl (C=O) groups excluding carboxylic acids is 1. The van der Waals surface area contributed by atoms with E-state index in [1.54, 1.807) is 12.4 Å². The van der Waals surface area contributed by atoms with Crippen LogP contribution in [0.25, 0.3) is 0 Å². The lowest BCUT2D eigenvalue weighted by Gasteiger charge is -2.29. The van der Waals surface area contributed by atoms with Gasteiger partial charge >= 0.3 is 6.01 Å². The van der Waals surface area contributed by atoms with E-state index in [1.807, 2.05) is 32.0 Å². The number of pyridine rings is 1. The molecule has 2 aromatic rings. The highest BCUT2D eigenvalue weighted by molar-refractivity contribution is 8.00.